The predicted molar refractivity (Wildman–Crippen MR) is 94.8 cm³/mol. The number of hydrogen-bond donors (Lipinski definition) is 4. The van der Waals surface area contributed by atoms with Crippen LogP contribution in [0.3, 0.4) is 0 Å². The van der Waals surface area contributed by atoms with E-state index in [0.717, 1.165) is 0 Å². The van der Waals surface area contributed by atoms with Gasteiger partial charge in [-0.15, -0.1) is 0 Å². The summed E-state index contributed by atoms with van der Waals surface area (Å²) >= 11 is 0. The second-order valence-electron chi connectivity index (χ2n) is 6.24. The van der Waals surface area contributed by atoms with Crippen LogP contribution in [0.25, 0.3) is 0 Å². The lowest BCUT2D eigenvalue weighted by Gasteiger charge is -2.18. The minimum atomic E-state index is -1.52. The third-order valence-corrected chi connectivity index (χ3v) is 4.47. The largest absolute Gasteiger partial charge is 0.479 e. The summed E-state index contributed by atoms with van der Waals surface area (Å²) in [6.45, 7) is 1.63. The number of aromatic amines is 1. The predicted octanol–water partition coefficient (Wildman–Crippen LogP) is 0.708. The van der Waals surface area contributed by atoms with Gasteiger partial charge in [-0.1, -0.05) is 25.1 Å². The van der Waals surface area contributed by atoms with E-state index < -0.39 is 35.5 Å². The number of imidazole rings is 1. The van der Waals surface area contributed by atoms with Crippen molar-refractivity contribution in [1.82, 2.24) is 15.3 Å². The molecule has 27 heavy (non-hydrogen) atoms. The monoisotopic (exact) mass is 372 g/mol. The van der Waals surface area contributed by atoms with E-state index in [0.29, 0.717) is 11.4 Å². The topological polar surface area (TPSA) is 137 Å². The van der Waals surface area contributed by atoms with Crippen LogP contribution in [-0.2, 0) is 25.5 Å². The first-order valence-corrected chi connectivity index (χ1v) is 8.51. The number of carbonyl (C=O) groups excluding carboxylic acids is 2. The Labute approximate surface area is 155 Å². The molecule has 1 fully saturated rings. The zero-order chi connectivity index (χ0) is 19.4. The van der Waals surface area contributed by atoms with E-state index in [1.165, 1.54) is 6.33 Å². The Bertz CT molecular complexity index is 824. The van der Waals surface area contributed by atoms with Gasteiger partial charge in [0, 0.05) is 24.0 Å². The average molecular weight is 372 g/mol. The molecule has 0 radical (unpaired) electrons. The summed E-state index contributed by atoms with van der Waals surface area (Å²) in [4.78, 5) is 43.3. The number of carboxylic acids is 1. The molecule has 9 heteroatoms. The molecule has 0 unspecified atom stereocenters. The highest BCUT2D eigenvalue weighted by molar-refractivity contribution is 6.00. The van der Waals surface area contributed by atoms with Gasteiger partial charge in [-0.25, -0.2) is 9.78 Å². The number of benzene rings is 1. The number of carboxylic acid groups (broad SMARTS) is 1. The first-order valence-electron chi connectivity index (χ1n) is 8.51. The Balaban J connectivity index is 1.71. The van der Waals surface area contributed by atoms with Crippen molar-refractivity contribution in [3.63, 3.8) is 0 Å². The fourth-order valence-electron chi connectivity index (χ4n) is 2.85. The number of hydrogen-bond acceptors (Lipinski definition) is 5. The van der Waals surface area contributed by atoms with Crippen LogP contribution in [0.2, 0.25) is 0 Å². The van der Waals surface area contributed by atoms with Gasteiger partial charge in [0.25, 0.3) is 5.91 Å². The number of aromatic nitrogens is 2. The molecule has 1 aromatic carbocycles. The second kappa shape index (κ2) is 7.58. The quantitative estimate of drug-likeness (QED) is 0.504. The fraction of sp³-hybridized carbons (Fsp3) is 0.333. The lowest BCUT2D eigenvalue weighted by molar-refractivity contribution is -0.143. The fourth-order valence-corrected chi connectivity index (χ4v) is 2.85. The Kier molecular flexibility index (Phi) is 5.22. The summed E-state index contributed by atoms with van der Waals surface area (Å²) in [6.07, 6.45) is 2.23. The number of ether oxygens (including phenoxy) is 1. The van der Waals surface area contributed by atoms with Crippen LogP contribution >= 0.6 is 0 Å². The molecule has 4 N–H and O–H groups in total. The van der Waals surface area contributed by atoms with Crippen LogP contribution in [0.5, 0.6) is 0 Å². The first kappa shape index (κ1) is 18.6. The molecule has 2 aromatic rings. The third-order valence-electron chi connectivity index (χ3n) is 4.47. The lowest BCUT2D eigenvalue weighted by atomic mass is 10.0. The second-order valence-corrected chi connectivity index (χ2v) is 6.24. The van der Waals surface area contributed by atoms with Crippen LogP contribution in [0, 0.1) is 0 Å². The van der Waals surface area contributed by atoms with Gasteiger partial charge in [-0.3, -0.25) is 9.59 Å². The van der Waals surface area contributed by atoms with Crippen LogP contribution in [0.15, 0.2) is 42.9 Å². The van der Waals surface area contributed by atoms with Crippen molar-refractivity contribution in [3.05, 3.63) is 48.5 Å². The number of aliphatic carboxylic acids is 1. The van der Waals surface area contributed by atoms with Gasteiger partial charge in [0.15, 0.2) is 6.10 Å². The van der Waals surface area contributed by atoms with Crippen molar-refractivity contribution in [3.8, 4) is 0 Å². The van der Waals surface area contributed by atoms with Crippen LogP contribution in [-0.4, -0.2) is 50.6 Å². The van der Waals surface area contributed by atoms with Crippen LogP contribution in [0.1, 0.15) is 19.0 Å². The Morgan fingerprint density at radius 3 is 2.63 bits per heavy atom. The molecule has 1 saturated heterocycles. The number of carbonyl (C=O) groups is 3. The molecular weight excluding hydrogens is 352 g/mol. The van der Waals surface area contributed by atoms with Gasteiger partial charge in [-0.2, -0.15) is 0 Å². The molecule has 2 heterocycles. The molecule has 0 bridgehead atoms. The molecular formula is C18H20N4O5. The molecule has 0 saturated carbocycles. The van der Waals surface area contributed by atoms with Crippen molar-refractivity contribution < 1.29 is 24.2 Å². The molecule has 1 aliphatic heterocycles. The molecule has 142 valence electrons. The number of nitrogens with zero attached hydrogens (tertiary/aromatic N) is 1. The molecule has 1 aromatic heterocycles. The van der Waals surface area contributed by atoms with Crippen LogP contribution in [0.4, 0.5) is 5.69 Å². The van der Waals surface area contributed by atoms with Crippen LogP contribution < -0.4 is 10.6 Å². The van der Waals surface area contributed by atoms with E-state index in [9.17, 15) is 19.5 Å². The Hall–Kier alpha value is -3.20. The molecule has 0 aliphatic carbocycles. The highest BCUT2D eigenvalue weighted by Gasteiger charge is 2.65. The summed E-state index contributed by atoms with van der Waals surface area (Å²) < 4.78 is 5.15. The van der Waals surface area contributed by atoms with Gasteiger partial charge >= 0.3 is 5.97 Å². The third kappa shape index (κ3) is 3.98. The maximum absolute atomic E-state index is 12.7. The van der Waals surface area contributed by atoms with Crippen molar-refractivity contribution >= 4 is 23.5 Å². The first-order chi connectivity index (χ1) is 13.0. The van der Waals surface area contributed by atoms with Crippen molar-refractivity contribution in [2.45, 2.75) is 37.5 Å². The molecule has 3 atom stereocenters. The van der Waals surface area contributed by atoms with Gasteiger partial charge < -0.3 is 25.5 Å². The summed E-state index contributed by atoms with van der Waals surface area (Å²) in [7, 11) is 0. The van der Waals surface area contributed by atoms with Crippen molar-refractivity contribution in [2.24, 2.45) is 0 Å². The van der Waals surface area contributed by atoms with E-state index in [-0.39, 0.29) is 12.8 Å². The molecule has 1 aliphatic rings. The highest BCUT2D eigenvalue weighted by atomic mass is 16.6. The number of epoxide rings is 1. The number of nitrogens with one attached hydrogen (secondary N) is 3. The Morgan fingerprint density at radius 2 is 2.07 bits per heavy atom. The maximum atomic E-state index is 12.7. The summed E-state index contributed by atoms with van der Waals surface area (Å²) in [5, 5.41) is 14.6. The van der Waals surface area contributed by atoms with E-state index in [2.05, 4.69) is 20.6 Å². The van der Waals surface area contributed by atoms with Gasteiger partial charge in [0.05, 0.1) is 6.33 Å². The Morgan fingerprint density at radius 1 is 1.33 bits per heavy atom. The van der Waals surface area contributed by atoms with E-state index >= 15 is 0 Å². The SMILES string of the molecule is CC[C@]1(C(=O)O)O[C@@H]1C(=O)N[C@@H](Cc1cnc[nH]1)C(=O)Nc1ccccc1. The number of anilines is 1. The lowest BCUT2D eigenvalue weighted by Crippen LogP contribution is -2.48. The highest BCUT2D eigenvalue weighted by Crippen LogP contribution is 2.40. The smallest absolute Gasteiger partial charge is 0.339 e. The standard InChI is InChI=1S/C18H20N4O5/c1-2-18(17(25)26)14(27-18)16(24)22-13(8-12-9-19-10-20-12)15(23)21-11-6-4-3-5-7-11/h3-7,9-10,13-14H,2,8H2,1H3,(H,19,20)(H,21,23)(H,22,24)(H,25,26)/t13-,14+,18-/m0/s1. The minimum Gasteiger partial charge on any atom is -0.479 e. The zero-order valence-electron chi connectivity index (χ0n) is 14.6. The van der Waals surface area contributed by atoms with Gasteiger partial charge in [0.1, 0.15) is 6.04 Å². The summed E-state index contributed by atoms with van der Waals surface area (Å²) in [6, 6.07) is 7.90. The van der Waals surface area contributed by atoms with Crippen molar-refractivity contribution in [1.29, 1.82) is 0 Å². The van der Waals surface area contributed by atoms with E-state index in [1.54, 1.807) is 37.4 Å². The summed E-state index contributed by atoms with van der Waals surface area (Å²) in [5.74, 6) is -2.25. The molecule has 3 rings (SSSR count). The zero-order valence-corrected chi connectivity index (χ0v) is 14.6. The minimum absolute atomic E-state index is 0.155. The molecule has 9 nitrogen and oxygen atoms in total. The van der Waals surface area contributed by atoms with E-state index in [4.69, 9.17) is 4.74 Å². The van der Waals surface area contributed by atoms with Crippen molar-refractivity contribution in [2.75, 3.05) is 5.32 Å². The number of para-hydroxylation sites is 1. The average Bonchev–Trinajstić information content (AvgIpc) is 3.22. The van der Waals surface area contributed by atoms with Gasteiger partial charge in [-0.05, 0) is 18.6 Å². The van der Waals surface area contributed by atoms with E-state index in [1.807, 2.05) is 6.07 Å². The number of H-pyrrole nitrogens is 1. The van der Waals surface area contributed by atoms with Gasteiger partial charge in [0.2, 0.25) is 11.5 Å². The summed E-state index contributed by atoms with van der Waals surface area (Å²) in [5.41, 5.74) is -0.277. The number of amides is 2. The maximum Gasteiger partial charge on any atom is 0.339 e. The molecule has 0 spiro atoms. The number of rotatable bonds is 8. The molecule has 2 amide bonds. The normalized spacial score (nSPS) is 21.9.